The molecule has 1 unspecified atom stereocenters. The molecule has 0 aliphatic rings. The van der Waals surface area contributed by atoms with Crippen molar-refractivity contribution in [1.29, 1.82) is 0 Å². The highest BCUT2D eigenvalue weighted by Gasteiger charge is 2.40. The molecule has 0 fully saturated rings. The van der Waals surface area contributed by atoms with Crippen molar-refractivity contribution in [3.05, 3.63) is 162 Å². The van der Waals surface area contributed by atoms with Crippen LogP contribution in [-0.2, 0) is 12.0 Å². The first-order chi connectivity index (χ1) is 19.7. The maximum absolute atomic E-state index is 5.32. The fourth-order valence-electron chi connectivity index (χ4n) is 5.49. The summed E-state index contributed by atoms with van der Waals surface area (Å²) in [6.07, 6.45) is 6.58. The normalized spacial score (nSPS) is 12.6. The second kappa shape index (κ2) is 11.5. The van der Waals surface area contributed by atoms with Crippen molar-refractivity contribution >= 4 is 0 Å². The number of benzene rings is 3. The smallest absolute Gasteiger partial charge is 0.146 e. The molecule has 196 valence electrons. The van der Waals surface area contributed by atoms with Gasteiger partial charge in [-0.25, -0.2) is 9.97 Å². The summed E-state index contributed by atoms with van der Waals surface area (Å²) in [6.45, 7) is 2.12. The molecule has 3 heterocycles. The van der Waals surface area contributed by atoms with Crippen LogP contribution in [0.25, 0.3) is 22.5 Å². The highest BCUT2D eigenvalue weighted by molar-refractivity contribution is 5.61. The number of rotatable bonds is 9. The Kier molecular flexibility index (Phi) is 7.32. The number of nitrogens with zero attached hydrogens (tertiary/aromatic N) is 4. The Morgan fingerprint density at radius 3 is 1.90 bits per heavy atom. The van der Waals surface area contributed by atoms with Crippen LogP contribution < -0.4 is 0 Å². The number of hydrogen-bond donors (Lipinski definition) is 0. The highest BCUT2D eigenvalue weighted by Crippen LogP contribution is 2.38. The molecule has 0 amide bonds. The molecule has 0 saturated heterocycles. The standard InChI is InChI=1S/C36H32N4/c1-28-13-8-19-31(27-28)33-21-10-23-35(39-33)36(40-26-12-25-37-40,24-11-16-29-14-4-2-5-15-29)34-22-9-20-32(38-34)30-17-6-3-7-18-30/h2-10,12-15,17-23,25-27H,11,16,24H2,1H3. The largest absolute Gasteiger partial charge is 0.255 e. The molecule has 3 aromatic carbocycles. The maximum Gasteiger partial charge on any atom is 0.146 e. The average Bonchev–Trinajstić information content (AvgIpc) is 3.56. The molecule has 0 spiro atoms. The van der Waals surface area contributed by atoms with E-state index in [1.54, 1.807) is 0 Å². The van der Waals surface area contributed by atoms with Crippen LogP contribution in [0.1, 0.15) is 35.4 Å². The first-order valence-electron chi connectivity index (χ1n) is 13.8. The fraction of sp³-hybridized carbons (Fsp3) is 0.139. The molecule has 1 atom stereocenters. The molecule has 0 aliphatic carbocycles. The first-order valence-corrected chi connectivity index (χ1v) is 13.8. The SMILES string of the molecule is Cc1cccc(-c2cccc(C(CCCc3ccccc3)(c3cccc(-c4ccccc4)n3)n3cccn3)n2)c1. The summed E-state index contributed by atoms with van der Waals surface area (Å²) in [6, 6.07) is 44.1. The minimum absolute atomic E-state index is 0.692. The van der Waals surface area contributed by atoms with Gasteiger partial charge in [0.1, 0.15) is 5.54 Å². The third-order valence-electron chi connectivity index (χ3n) is 7.47. The lowest BCUT2D eigenvalue weighted by molar-refractivity contribution is 0.334. The van der Waals surface area contributed by atoms with E-state index < -0.39 is 5.54 Å². The minimum atomic E-state index is -0.692. The van der Waals surface area contributed by atoms with E-state index in [0.29, 0.717) is 0 Å². The Labute approximate surface area is 236 Å². The van der Waals surface area contributed by atoms with E-state index in [9.17, 15) is 0 Å². The van der Waals surface area contributed by atoms with Crippen molar-refractivity contribution in [2.75, 3.05) is 0 Å². The predicted octanol–water partition coefficient (Wildman–Crippen LogP) is 8.13. The van der Waals surface area contributed by atoms with E-state index in [-0.39, 0.29) is 0 Å². The number of aromatic nitrogens is 4. The molecule has 6 aromatic rings. The lowest BCUT2D eigenvalue weighted by Gasteiger charge is -2.34. The second-order valence-electron chi connectivity index (χ2n) is 10.2. The minimum Gasteiger partial charge on any atom is -0.255 e. The molecular formula is C36H32N4. The van der Waals surface area contributed by atoms with Gasteiger partial charge in [0.05, 0.1) is 22.8 Å². The third kappa shape index (κ3) is 5.21. The molecule has 0 radical (unpaired) electrons. The molecule has 0 aliphatic heterocycles. The van der Waals surface area contributed by atoms with Gasteiger partial charge in [-0.05, 0) is 68.1 Å². The van der Waals surface area contributed by atoms with Gasteiger partial charge in [-0.1, -0.05) is 96.6 Å². The van der Waals surface area contributed by atoms with Crippen molar-refractivity contribution in [2.45, 2.75) is 31.7 Å². The molecule has 0 bridgehead atoms. The molecule has 4 heteroatoms. The monoisotopic (exact) mass is 520 g/mol. The Morgan fingerprint density at radius 1 is 0.625 bits per heavy atom. The number of aryl methyl sites for hydroxylation is 2. The summed E-state index contributed by atoms with van der Waals surface area (Å²) in [7, 11) is 0. The Morgan fingerprint density at radius 2 is 1.25 bits per heavy atom. The zero-order valence-electron chi connectivity index (χ0n) is 22.7. The number of hydrogen-bond acceptors (Lipinski definition) is 3. The molecule has 3 aromatic heterocycles. The van der Waals surface area contributed by atoms with Gasteiger partial charge in [-0.2, -0.15) is 5.10 Å². The Balaban J connectivity index is 1.52. The molecule has 6 rings (SSSR count). The zero-order valence-corrected chi connectivity index (χ0v) is 22.7. The van der Waals surface area contributed by atoms with E-state index in [2.05, 4.69) is 127 Å². The summed E-state index contributed by atoms with van der Waals surface area (Å²) in [5.41, 5.74) is 7.78. The topological polar surface area (TPSA) is 43.6 Å². The van der Waals surface area contributed by atoms with Crippen LogP contribution >= 0.6 is 0 Å². The summed E-state index contributed by atoms with van der Waals surface area (Å²) < 4.78 is 2.05. The summed E-state index contributed by atoms with van der Waals surface area (Å²) >= 11 is 0. The Hall–Kier alpha value is -4.83. The second-order valence-corrected chi connectivity index (χ2v) is 10.2. The number of pyridine rings is 2. The van der Waals surface area contributed by atoms with E-state index in [1.807, 2.05) is 24.5 Å². The van der Waals surface area contributed by atoms with Gasteiger partial charge in [0.25, 0.3) is 0 Å². The van der Waals surface area contributed by atoms with Gasteiger partial charge in [-0.15, -0.1) is 0 Å². The zero-order chi connectivity index (χ0) is 27.2. The quantitative estimate of drug-likeness (QED) is 0.193. The summed E-state index contributed by atoms with van der Waals surface area (Å²) in [4.78, 5) is 10.6. The van der Waals surface area contributed by atoms with Crippen molar-refractivity contribution < 1.29 is 0 Å². The van der Waals surface area contributed by atoms with Crippen LogP contribution in [0, 0.1) is 6.92 Å². The van der Waals surface area contributed by atoms with Gasteiger partial charge >= 0.3 is 0 Å². The lowest BCUT2D eigenvalue weighted by atomic mass is 9.83. The summed E-state index contributed by atoms with van der Waals surface area (Å²) in [5, 5.41) is 4.82. The van der Waals surface area contributed by atoms with Crippen molar-refractivity contribution in [3.63, 3.8) is 0 Å². The van der Waals surface area contributed by atoms with Crippen molar-refractivity contribution in [1.82, 2.24) is 19.7 Å². The van der Waals surface area contributed by atoms with Crippen molar-refractivity contribution in [2.24, 2.45) is 0 Å². The molecule has 40 heavy (non-hydrogen) atoms. The lowest BCUT2D eigenvalue weighted by Crippen LogP contribution is -2.39. The average molecular weight is 521 g/mol. The van der Waals surface area contributed by atoms with Gasteiger partial charge in [0.15, 0.2) is 0 Å². The molecule has 0 saturated carbocycles. The maximum atomic E-state index is 5.32. The highest BCUT2D eigenvalue weighted by atomic mass is 15.3. The van der Waals surface area contributed by atoms with Crippen LogP contribution in [0.2, 0.25) is 0 Å². The van der Waals surface area contributed by atoms with E-state index >= 15 is 0 Å². The van der Waals surface area contributed by atoms with E-state index in [1.165, 1.54) is 11.1 Å². The van der Waals surface area contributed by atoms with E-state index in [0.717, 1.165) is 53.2 Å². The summed E-state index contributed by atoms with van der Waals surface area (Å²) in [5.74, 6) is 0. The van der Waals surface area contributed by atoms with Crippen LogP contribution in [0.3, 0.4) is 0 Å². The Bertz CT molecular complexity index is 1680. The van der Waals surface area contributed by atoms with Gasteiger partial charge < -0.3 is 0 Å². The fourth-order valence-corrected chi connectivity index (χ4v) is 5.49. The molecule has 4 nitrogen and oxygen atoms in total. The first kappa shape index (κ1) is 25.4. The van der Waals surface area contributed by atoms with Crippen LogP contribution in [0.4, 0.5) is 0 Å². The van der Waals surface area contributed by atoms with Gasteiger partial charge in [0.2, 0.25) is 0 Å². The van der Waals surface area contributed by atoms with Gasteiger partial charge in [0, 0.05) is 23.5 Å². The molecular weight excluding hydrogens is 488 g/mol. The van der Waals surface area contributed by atoms with Crippen LogP contribution in [0.15, 0.2) is 140 Å². The van der Waals surface area contributed by atoms with Gasteiger partial charge in [-0.3, -0.25) is 4.68 Å². The van der Waals surface area contributed by atoms with E-state index in [4.69, 9.17) is 15.1 Å². The van der Waals surface area contributed by atoms with Crippen LogP contribution in [0.5, 0.6) is 0 Å². The molecule has 0 N–H and O–H groups in total. The van der Waals surface area contributed by atoms with Crippen LogP contribution in [-0.4, -0.2) is 19.7 Å². The third-order valence-corrected chi connectivity index (χ3v) is 7.47. The van der Waals surface area contributed by atoms with Crippen molar-refractivity contribution in [3.8, 4) is 22.5 Å². The predicted molar refractivity (Wildman–Crippen MR) is 162 cm³/mol.